The molecule has 0 saturated heterocycles. The van der Waals surface area contributed by atoms with Gasteiger partial charge in [0.2, 0.25) is 0 Å². The third kappa shape index (κ3) is 14.2. The highest BCUT2D eigenvalue weighted by Crippen LogP contribution is 2.66. The molecule has 2 aromatic rings. The fourth-order valence-electron chi connectivity index (χ4n) is 4.39. The second-order valence-corrected chi connectivity index (χ2v) is 20.8. The van der Waals surface area contributed by atoms with E-state index in [0.717, 1.165) is 11.5 Å². The Morgan fingerprint density at radius 1 is 0.521 bits per heavy atom. The van der Waals surface area contributed by atoms with Crippen molar-refractivity contribution in [2.45, 2.75) is 90.6 Å². The van der Waals surface area contributed by atoms with Crippen LogP contribution in [0.15, 0.2) is 74.0 Å². The molecule has 0 atom stereocenters. The molecule has 0 saturated carbocycles. The summed E-state index contributed by atoms with van der Waals surface area (Å²) in [4.78, 5) is 22.7. The zero-order chi connectivity index (χ0) is 34.1. The van der Waals surface area contributed by atoms with Crippen LogP contribution in [0.1, 0.15) is 90.2 Å². The van der Waals surface area contributed by atoms with Gasteiger partial charge in [-0.3, -0.25) is 9.59 Å². The average Bonchev–Trinajstić information content (AvgIpc) is 3.67. The minimum Gasteiger partial charge on any atom is -0.427 e. The lowest BCUT2D eigenvalue weighted by molar-refractivity contribution is -0.132. The van der Waals surface area contributed by atoms with E-state index in [2.05, 4.69) is 37.4 Å². The minimum atomic E-state index is -0.307. The second-order valence-electron chi connectivity index (χ2n) is 11.0. The third-order valence-corrected chi connectivity index (χ3v) is 18.7. The van der Waals surface area contributed by atoms with E-state index < -0.39 is 0 Å². The molecule has 0 spiro atoms. The number of rotatable bonds is 20. The highest BCUT2D eigenvalue weighted by molar-refractivity contribution is 8.45. The normalized spacial score (nSPS) is 14.8. The van der Waals surface area contributed by atoms with Crippen molar-refractivity contribution in [1.82, 2.24) is 0 Å². The number of hydrogen-bond donors (Lipinski definition) is 0. The molecule has 4 rings (SSSR count). The highest BCUT2D eigenvalue weighted by atomic mass is 32.3. The molecule has 0 aliphatic carbocycles. The maximum Gasteiger partial charge on any atom is 0.308 e. The van der Waals surface area contributed by atoms with Crippen LogP contribution in [-0.4, -0.2) is 23.4 Å². The lowest BCUT2D eigenvalue weighted by atomic mass is 10.2. The molecule has 2 aromatic carbocycles. The van der Waals surface area contributed by atoms with E-state index in [-0.39, 0.29) is 11.9 Å². The zero-order valence-electron chi connectivity index (χ0n) is 28.0. The van der Waals surface area contributed by atoms with Gasteiger partial charge >= 0.3 is 11.9 Å². The van der Waals surface area contributed by atoms with E-state index in [1.54, 1.807) is 0 Å². The summed E-state index contributed by atoms with van der Waals surface area (Å²) in [5.74, 6) is 4.59. The maximum absolute atomic E-state index is 11.3. The number of hydrogen-bond acceptors (Lipinski definition) is 12. The van der Waals surface area contributed by atoms with Crippen LogP contribution in [0, 0.1) is 0 Å². The van der Waals surface area contributed by atoms with Gasteiger partial charge in [-0.15, -0.1) is 47.0 Å². The lowest BCUT2D eigenvalue weighted by Crippen LogP contribution is -2.01. The molecule has 0 amide bonds. The monoisotopic (exact) mass is 796 g/mol. The van der Waals surface area contributed by atoms with E-state index >= 15 is 0 Å². The standard InChI is InChI=1S/C36H44O4S8/c1-5-7-9-11-21-41-31-32(42-22-12-10-8-6-2)46-35(45-31)36-47-33(43-23-27-13-17-29(18-14-27)39-25(3)37)34(48-36)44-24-28-15-19-30(20-16-28)40-26(4)38/h13-20H,5-12,21-24H2,1-4H3. The van der Waals surface area contributed by atoms with Gasteiger partial charge < -0.3 is 9.47 Å². The summed E-state index contributed by atoms with van der Waals surface area (Å²) >= 11 is 15.7. The van der Waals surface area contributed by atoms with Crippen molar-refractivity contribution in [2.24, 2.45) is 0 Å². The van der Waals surface area contributed by atoms with E-state index in [0.29, 0.717) is 11.5 Å². The van der Waals surface area contributed by atoms with E-state index in [1.165, 1.54) is 113 Å². The number of benzene rings is 2. The quantitative estimate of drug-likeness (QED) is 0.0728. The zero-order valence-corrected chi connectivity index (χ0v) is 34.5. The van der Waals surface area contributed by atoms with Gasteiger partial charge in [0, 0.05) is 25.4 Å². The summed E-state index contributed by atoms with van der Waals surface area (Å²) < 4.78 is 18.9. The molecule has 0 unspecified atom stereocenters. The predicted octanol–water partition coefficient (Wildman–Crippen LogP) is 13.7. The van der Waals surface area contributed by atoms with Crippen molar-refractivity contribution in [2.75, 3.05) is 11.5 Å². The molecule has 260 valence electrons. The molecule has 0 bridgehead atoms. The average molecular weight is 797 g/mol. The lowest BCUT2D eigenvalue weighted by Gasteiger charge is -2.07. The van der Waals surface area contributed by atoms with E-state index in [9.17, 15) is 9.59 Å². The number of unbranched alkanes of at least 4 members (excludes halogenated alkanes) is 6. The van der Waals surface area contributed by atoms with E-state index in [4.69, 9.17) is 9.47 Å². The summed E-state index contributed by atoms with van der Waals surface area (Å²) in [6.07, 6.45) is 10.4. The van der Waals surface area contributed by atoms with Crippen LogP contribution in [0.3, 0.4) is 0 Å². The largest absolute Gasteiger partial charge is 0.427 e. The van der Waals surface area contributed by atoms with Gasteiger partial charge in [0.1, 0.15) is 11.5 Å². The van der Waals surface area contributed by atoms with Gasteiger partial charge in [-0.25, -0.2) is 0 Å². The van der Waals surface area contributed by atoms with Crippen LogP contribution in [0.4, 0.5) is 0 Å². The van der Waals surface area contributed by atoms with Crippen LogP contribution in [0.25, 0.3) is 0 Å². The van der Waals surface area contributed by atoms with Crippen LogP contribution in [0.2, 0.25) is 0 Å². The molecule has 0 aromatic heterocycles. The van der Waals surface area contributed by atoms with Crippen molar-refractivity contribution in [3.8, 4) is 11.5 Å². The van der Waals surface area contributed by atoms with Gasteiger partial charge in [0.15, 0.2) is 0 Å². The fraction of sp³-hybridized carbons (Fsp3) is 0.444. The van der Waals surface area contributed by atoms with Gasteiger partial charge in [-0.1, -0.05) is 124 Å². The number of esters is 2. The highest BCUT2D eigenvalue weighted by Gasteiger charge is 2.31. The third-order valence-electron chi connectivity index (χ3n) is 6.81. The molecule has 2 heterocycles. The Hall–Kier alpha value is -0.600. The van der Waals surface area contributed by atoms with Crippen LogP contribution >= 0.6 is 94.1 Å². The predicted molar refractivity (Wildman–Crippen MR) is 223 cm³/mol. The van der Waals surface area contributed by atoms with Crippen LogP contribution in [0.5, 0.6) is 11.5 Å². The van der Waals surface area contributed by atoms with E-state index in [1.807, 2.05) is 119 Å². The van der Waals surface area contributed by atoms with Crippen LogP contribution in [-0.2, 0) is 21.1 Å². The Morgan fingerprint density at radius 2 is 0.875 bits per heavy atom. The summed E-state index contributed by atoms with van der Waals surface area (Å²) in [6, 6.07) is 15.6. The Bertz CT molecular complexity index is 1350. The van der Waals surface area contributed by atoms with Crippen LogP contribution < -0.4 is 9.47 Å². The summed E-state index contributed by atoms with van der Waals surface area (Å²) in [6.45, 7) is 7.40. The van der Waals surface area contributed by atoms with Crippen molar-refractivity contribution < 1.29 is 19.1 Å². The number of thioether (sulfide) groups is 8. The van der Waals surface area contributed by atoms with Gasteiger partial charge in [-0.05, 0) is 59.7 Å². The first kappa shape index (κ1) is 40.2. The molecule has 2 aliphatic heterocycles. The Morgan fingerprint density at radius 3 is 1.21 bits per heavy atom. The van der Waals surface area contributed by atoms with Gasteiger partial charge in [0.25, 0.3) is 0 Å². The Balaban J connectivity index is 1.46. The molecule has 0 fully saturated rings. The molecule has 0 radical (unpaired) electrons. The number of ether oxygens (including phenoxy) is 2. The Kier molecular flexibility index (Phi) is 18.7. The molecule has 12 heteroatoms. The topological polar surface area (TPSA) is 52.6 Å². The first-order valence-corrected chi connectivity index (χ1v) is 23.6. The minimum absolute atomic E-state index is 0.307. The van der Waals surface area contributed by atoms with Crippen molar-refractivity contribution in [3.63, 3.8) is 0 Å². The molecule has 2 aliphatic rings. The molecular formula is C36H44O4S8. The van der Waals surface area contributed by atoms with Gasteiger partial charge in [0.05, 0.1) is 25.4 Å². The first-order chi connectivity index (χ1) is 23.3. The molecular weight excluding hydrogens is 753 g/mol. The first-order valence-electron chi connectivity index (χ1n) is 16.3. The summed E-state index contributed by atoms with van der Waals surface area (Å²) in [7, 11) is 0. The van der Waals surface area contributed by atoms with Crippen molar-refractivity contribution in [3.05, 3.63) is 85.1 Å². The Labute approximate surface area is 321 Å². The number of carbonyl (C=O) groups is 2. The SMILES string of the molecule is CCCCCCSC1=C(SCCCCCC)SC(=C2SC(SCc3ccc(OC(C)=O)cc3)=C(SCc3ccc(OC(C)=O)cc3)S2)S1. The van der Waals surface area contributed by atoms with Crippen molar-refractivity contribution in [1.29, 1.82) is 0 Å². The van der Waals surface area contributed by atoms with Gasteiger partial charge in [-0.2, -0.15) is 0 Å². The van der Waals surface area contributed by atoms with Crippen molar-refractivity contribution >= 4 is 106 Å². The molecule has 48 heavy (non-hydrogen) atoms. The summed E-state index contributed by atoms with van der Waals surface area (Å²) in [5.41, 5.74) is 2.38. The molecule has 0 N–H and O–H groups in total. The fourth-order valence-corrected chi connectivity index (χ4v) is 16.4. The second kappa shape index (κ2) is 22.4. The smallest absolute Gasteiger partial charge is 0.308 e. The maximum atomic E-state index is 11.3. The molecule has 4 nitrogen and oxygen atoms in total. The summed E-state index contributed by atoms with van der Waals surface area (Å²) in [5, 5.41) is 0. The number of carbonyl (C=O) groups excluding carboxylic acids is 2.